The molecule has 1 heterocycles. The van der Waals surface area contributed by atoms with Crippen LogP contribution < -0.4 is 11.1 Å². The SMILES string of the molecule is CCc1cc(C(N)=O)c(NC(=O)CCCC(=O)O)s1. The summed E-state index contributed by atoms with van der Waals surface area (Å²) in [5, 5.41) is 11.5. The second-order valence-electron chi connectivity index (χ2n) is 3.97. The number of thiophene rings is 1. The van der Waals surface area contributed by atoms with Gasteiger partial charge in [-0.2, -0.15) is 0 Å². The molecule has 0 saturated heterocycles. The number of hydrogen-bond donors (Lipinski definition) is 3. The number of amides is 2. The number of hydrogen-bond acceptors (Lipinski definition) is 4. The molecule has 0 aliphatic carbocycles. The molecule has 0 atom stereocenters. The Labute approximate surface area is 114 Å². The van der Waals surface area contributed by atoms with Crippen LogP contribution in [-0.4, -0.2) is 22.9 Å². The average Bonchev–Trinajstić information content (AvgIpc) is 2.71. The molecule has 0 radical (unpaired) electrons. The number of carboxylic acids is 1. The Bertz CT molecular complexity index is 496. The van der Waals surface area contributed by atoms with Crippen LogP contribution in [0, 0.1) is 0 Å². The molecule has 104 valence electrons. The lowest BCUT2D eigenvalue weighted by atomic mass is 10.2. The third-order valence-corrected chi connectivity index (χ3v) is 3.64. The second kappa shape index (κ2) is 6.89. The second-order valence-corrected chi connectivity index (χ2v) is 5.11. The van der Waals surface area contributed by atoms with Gasteiger partial charge in [0.1, 0.15) is 5.00 Å². The molecule has 7 heteroatoms. The molecule has 6 nitrogen and oxygen atoms in total. The minimum absolute atomic E-state index is 0.0548. The highest BCUT2D eigenvalue weighted by atomic mass is 32.1. The van der Waals surface area contributed by atoms with Gasteiger partial charge in [0.05, 0.1) is 5.56 Å². The Morgan fingerprint density at radius 2 is 2.05 bits per heavy atom. The van der Waals surface area contributed by atoms with Crippen LogP contribution in [0.25, 0.3) is 0 Å². The Kier molecular flexibility index (Phi) is 5.50. The van der Waals surface area contributed by atoms with E-state index in [9.17, 15) is 14.4 Å². The summed E-state index contributed by atoms with van der Waals surface area (Å²) in [6.45, 7) is 1.94. The van der Waals surface area contributed by atoms with Crippen LogP contribution in [0.4, 0.5) is 5.00 Å². The van der Waals surface area contributed by atoms with E-state index in [0.717, 1.165) is 11.3 Å². The molecule has 0 spiro atoms. The maximum absolute atomic E-state index is 11.6. The van der Waals surface area contributed by atoms with E-state index in [1.165, 1.54) is 11.3 Å². The number of aliphatic carboxylic acids is 1. The molecular formula is C12H16N2O4S. The number of nitrogens with two attached hydrogens (primary N) is 1. The van der Waals surface area contributed by atoms with Crippen molar-refractivity contribution in [3.05, 3.63) is 16.5 Å². The van der Waals surface area contributed by atoms with Crippen LogP contribution in [0.2, 0.25) is 0 Å². The van der Waals surface area contributed by atoms with E-state index in [1.807, 2.05) is 6.92 Å². The fourth-order valence-corrected chi connectivity index (χ4v) is 2.50. The van der Waals surface area contributed by atoms with Crippen LogP contribution in [0.5, 0.6) is 0 Å². The average molecular weight is 284 g/mol. The van der Waals surface area contributed by atoms with Gasteiger partial charge in [-0.25, -0.2) is 0 Å². The molecule has 1 aromatic rings. The minimum Gasteiger partial charge on any atom is -0.481 e. The van der Waals surface area contributed by atoms with Crippen molar-refractivity contribution in [2.75, 3.05) is 5.32 Å². The third-order valence-electron chi connectivity index (χ3n) is 2.44. The van der Waals surface area contributed by atoms with Crippen molar-refractivity contribution >= 4 is 34.1 Å². The van der Waals surface area contributed by atoms with E-state index < -0.39 is 11.9 Å². The molecule has 1 aromatic heterocycles. The van der Waals surface area contributed by atoms with Crippen molar-refractivity contribution in [3.63, 3.8) is 0 Å². The highest BCUT2D eigenvalue weighted by molar-refractivity contribution is 7.16. The van der Waals surface area contributed by atoms with E-state index >= 15 is 0 Å². The zero-order valence-electron chi connectivity index (χ0n) is 10.6. The van der Waals surface area contributed by atoms with E-state index in [4.69, 9.17) is 10.8 Å². The number of primary amides is 1. The van der Waals surface area contributed by atoms with Gasteiger partial charge in [0.25, 0.3) is 5.91 Å². The number of anilines is 1. The van der Waals surface area contributed by atoms with E-state index in [1.54, 1.807) is 6.07 Å². The van der Waals surface area contributed by atoms with Gasteiger partial charge >= 0.3 is 5.97 Å². The molecular weight excluding hydrogens is 268 g/mol. The third kappa shape index (κ3) is 4.70. The number of carbonyl (C=O) groups excluding carboxylic acids is 2. The number of carboxylic acid groups (broad SMARTS) is 1. The van der Waals surface area contributed by atoms with Gasteiger partial charge in [0, 0.05) is 17.7 Å². The Hall–Kier alpha value is -1.89. The largest absolute Gasteiger partial charge is 0.481 e. The number of aryl methyl sites for hydroxylation is 1. The standard InChI is InChI=1S/C12H16N2O4S/c1-2-7-6-8(11(13)18)12(19-7)14-9(15)4-3-5-10(16)17/h6H,2-5H2,1H3,(H2,13,18)(H,14,15)(H,16,17). The van der Waals surface area contributed by atoms with Gasteiger partial charge in [0.15, 0.2) is 0 Å². The highest BCUT2D eigenvalue weighted by Gasteiger charge is 2.15. The lowest BCUT2D eigenvalue weighted by Crippen LogP contribution is -2.16. The van der Waals surface area contributed by atoms with Gasteiger partial charge in [-0.05, 0) is 18.9 Å². The molecule has 0 unspecified atom stereocenters. The maximum Gasteiger partial charge on any atom is 0.303 e. The molecule has 0 aromatic carbocycles. The van der Waals surface area contributed by atoms with Gasteiger partial charge in [0.2, 0.25) is 5.91 Å². The van der Waals surface area contributed by atoms with Crippen molar-refractivity contribution in [2.24, 2.45) is 5.73 Å². The molecule has 4 N–H and O–H groups in total. The van der Waals surface area contributed by atoms with Gasteiger partial charge in [-0.3, -0.25) is 14.4 Å². The molecule has 0 aliphatic heterocycles. The minimum atomic E-state index is -0.935. The number of nitrogens with one attached hydrogen (secondary N) is 1. The number of rotatable bonds is 7. The van der Waals surface area contributed by atoms with Gasteiger partial charge < -0.3 is 16.2 Å². The van der Waals surface area contributed by atoms with Crippen molar-refractivity contribution in [3.8, 4) is 0 Å². The predicted octanol–water partition coefficient (Wildman–Crippen LogP) is 1.60. The lowest BCUT2D eigenvalue weighted by Gasteiger charge is -2.03. The molecule has 0 bridgehead atoms. The summed E-state index contributed by atoms with van der Waals surface area (Å²) >= 11 is 1.31. The van der Waals surface area contributed by atoms with Crippen molar-refractivity contribution < 1.29 is 19.5 Å². The molecule has 0 saturated carbocycles. The summed E-state index contributed by atoms with van der Waals surface area (Å²) in [5.74, 6) is -1.83. The van der Waals surface area contributed by atoms with Crippen molar-refractivity contribution in [2.45, 2.75) is 32.6 Å². The molecule has 19 heavy (non-hydrogen) atoms. The summed E-state index contributed by atoms with van der Waals surface area (Å²) in [5.41, 5.74) is 5.54. The Morgan fingerprint density at radius 3 is 2.58 bits per heavy atom. The normalized spacial score (nSPS) is 10.2. The quantitative estimate of drug-likeness (QED) is 0.706. The summed E-state index contributed by atoms with van der Waals surface area (Å²) < 4.78 is 0. The fraction of sp³-hybridized carbons (Fsp3) is 0.417. The first-order valence-corrected chi connectivity index (χ1v) is 6.69. The van der Waals surface area contributed by atoms with Crippen LogP contribution in [0.3, 0.4) is 0 Å². The van der Waals surface area contributed by atoms with Gasteiger partial charge in [-0.15, -0.1) is 11.3 Å². The topological polar surface area (TPSA) is 109 Å². The monoisotopic (exact) mass is 284 g/mol. The Morgan fingerprint density at radius 1 is 1.37 bits per heavy atom. The highest BCUT2D eigenvalue weighted by Crippen LogP contribution is 2.28. The number of carbonyl (C=O) groups is 3. The summed E-state index contributed by atoms with van der Waals surface area (Å²) in [6.07, 6.45) is 1.06. The maximum atomic E-state index is 11.6. The zero-order chi connectivity index (χ0) is 14.4. The molecule has 0 fully saturated rings. The van der Waals surface area contributed by atoms with Gasteiger partial charge in [-0.1, -0.05) is 6.92 Å². The molecule has 2 amide bonds. The molecule has 1 rings (SSSR count). The predicted molar refractivity (Wildman–Crippen MR) is 72.3 cm³/mol. The lowest BCUT2D eigenvalue weighted by molar-refractivity contribution is -0.137. The van der Waals surface area contributed by atoms with E-state index in [2.05, 4.69) is 5.32 Å². The zero-order valence-corrected chi connectivity index (χ0v) is 11.4. The summed E-state index contributed by atoms with van der Waals surface area (Å²) in [4.78, 5) is 34.1. The smallest absolute Gasteiger partial charge is 0.303 e. The van der Waals surface area contributed by atoms with E-state index in [-0.39, 0.29) is 25.2 Å². The molecule has 0 aliphatic rings. The van der Waals surface area contributed by atoms with Crippen molar-refractivity contribution in [1.29, 1.82) is 0 Å². The van der Waals surface area contributed by atoms with Crippen LogP contribution in [-0.2, 0) is 16.0 Å². The van der Waals surface area contributed by atoms with E-state index in [0.29, 0.717) is 10.6 Å². The first-order valence-electron chi connectivity index (χ1n) is 5.88. The first-order chi connectivity index (χ1) is 8.93. The first kappa shape index (κ1) is 15.2. The summed E-state index contributed by atoms with van der Waals surface area (Å²) in [6, 6.07) is 1.67. The van der Waals surface area contributed by atoms with Crippen LogP contribution in [0.15, 0.2) is 6.07 Å². The van der Waals surface area contributed by atoms with Crippen LogP contribution in [0.1, 0.15) is 41.4 Å². The van der Waals surface area contributed by atoms with Crippen LogP contribution >= 0.6 is 11.3 Å². The summed E-state index contributed by atoms with van der Waals surface area (Å²) in [7, 11) is 0. The van der Waals surface area contributed by atoms with Crippen molar-refractivity contribution in [1.82, 2.24) is 0 Å². The Balaban J connectivity index is 2.65. The fourth-order valence-electron chi connectivity index (χ4n) is 1.48.